The number of nitro benzene ring substituents is 1. The minimum absolute atomic E-state index is 0.0915. The van der Waals surface area contributed by atoms with Crippen LogP contribution in [0.4, 0.5) is 5.69 Å². The van der Waals surface area contributed by atoms with Gasteiger partial charge in [-0.1, -0.05) is 31.9 Å². The van der Waals surface area contributed by atoms with Gasteiger partial charge in [0, 0.05) is 32.3 Å². The van der Waals surface area contributed by atoms with Crippen LogP contribution in [0, 0.1) is 10.1 Å². The topological polar surface area (TPSA) is 88.8 Å². The van der Waals surface area contributed by atoms with Gasteiger partial charge in [-0.3, -0.25) is 10.1 Å². The van der Waals surface area contributed by atoms with E-state index >= 15 is 0 Å². The smallest absolute Gasteiger partial charge is 0.269 e. The Bertz CT molecular complexity index is 489. The normalized spacial score (nSPS) is 11.3. The largest absolute Gasteiger partial charge is 0.383 e. The van der Waals surface area contributed by atoms with E-state index in [0.717, 1.165) is 24.5 Å². The highest BCUT2D eigenvalue weighted by Crippen LogP contribution is 2.12. The van der Waals surface area contributed by atoms with E-state index in [9.17, 15) is 10.1 Å². The van der Waals surface area contributed by atoms with Crippen molar-refractivity contribution in [1.29, 1.82) is 0 Å². The van der Waals surface area contributed by atoms with Gasteiger partial charge in [0.2, 0.25) is 0 Å². The van der Waals surface area contributed by atoms with Gasteiger partial charge in [0.25, 0.3) is 5.69 Å². The fraction of sp³-hybridized carbons (Fsp3) is 0.562. The second-order valence-corrected chi connectivity index (χ2v) is 5.14. The fourth-order valence-corrected chi connectivity index (χ4v) is 1.92. The first kappa shape index (κ1) is 18.9. The Hall–Kier alpha value is -2.15. The van der Waals surface area contributed by atoms with Gasteiger partial charge >= 0.3 is 0 Å². The number of hydrogen-bond acceptors (Lipinski definition) is 4. The molecule has 0 radical (unpaired) electrons. The number of guanidine groups is 1. The Labute approximate surface area is 137 Å². The molecule has 0 unspecified atom stereocenters. The van der Waals surface area contributed by atoms with Crippen molar-refractivity contribution in [2.24, 2.45) is 4.99 Å². The molecular formula is C16H26N4O3. The fourth-order valence-electron chi connectivity index (χ4n) is 1.92. The van der Waals surface area contributed by atoms with Crippen LogP contribution < -0.4 is 10.6 Å². The van der Waals surface area contributed by atoms with Gasteiger partial charge in [0.1, 0.15) is 0 Å². The number of nitrogens with zero attached hydrogens (tertiary/aromatic N) is 2. The molecule has 1 aromatic carbocycles. The Morgan fingerprint density at radius 3 is 2.52 bits per heavy atom. The predicted octanol–water partition coefficient (Wildman–Crippen LogP) is 2.47. The molecule has 0 atom stereocenters. The molecule has 0 amide bonds. The lowest BCUT2D eigenvalue weighted by atomic mass is 10.2. The Morgan fingerprint density at radius 1 is 1.22 bits per heavy atom. The summed E-state index contributed by atoms with van der Waals surface area (Å²) in [6, 6.07) is 6.45. The Kier molecular flexibility index (Phi) is 9.38. The van der Waals surface area contributed by atoms with Crippen molar-refractivity contribution < 1.29 is 9.66 Å². The molecule has 0 aromatic heterocycles. The van der Waals surface area contributed by atoms with E-state index in [1.54, 1.807) is 19.2 Å². The zero-order valence-electron chi connectivity index (χ0n) is 13.9. The van der Waals surface area contributed by atoms with Crippen LogP contribution in [0.5, 0.6) is 0 Å². The number of methoxy groups -OCH3 is 1. The summed E-state index contributed by atoms with van der Waals surface area (Å²) >= 11 is 0. The zero-order chi connectivity index (χ0) is 16.9. The molecule has 128 valence electrons. The Balaban J connectivity index is 2.56. The van der Waals surface area contributed by atoms with E-state index in [4.69, 9.17) is 4.74 Å². The third-order valence-electron chi connectivity index (χ3n) is 3.24. The van der Waals surface area contributed by atoms with Crippen LogP contribution in [-0.2, 0) is 11.3 Å². The van der Waals surface area contributed by atoms with E-state index < -0.39 is 4.92 Å². The van der Waals surface area contributed by atoms with E-state index in [-0.39, 0.29) is 5.69 Å². The third-order valence-corrected chi connectivity index (χ3v) is 3.24. The predicted molar refractivity (Wildman–Crippen MR) is 91.6 cm³/mol. The maximum absolute atomic E-state index is 10.6. The van der Waals surface area contributed by atoms with Crippen LogP contribution >= 0.6 is 0 Å². The van der Waals surface area contributed by atoms with Gasteiger partial charge in [0.05, 0.1) is 18.1 Å². The Morgan fingerprint density at radius 2 is 1.91 bits per heavy atom. The average molecular weight is 322 g/mol. The summed E-state index contributed by atoms with van der Waals surface area (Å²) in [7, 11) is 1.66. The van der Waals surface area contributed by atoms with Crippen LogP contribution in [-0.4, -0.2) is 37.7 Å². The number of benzene rings is 1. The van der Waals surface area contributed by atoms with Gasteiger partial charge in [-0.05, 0) is 12.0 Å². The van der Waals surface area contributed by atoms with Crippen molar-refractivity contribution in [3.63, 3.8) is 0 Å². The van der Waals surface area contributed by atoms with Crippen molar-refractivity contribution in [2.75, 3.05) is 26.8 Å². The third kappa shape index (κ3) is 8.15. The first-order valence-electron chi connectivity index (χ1n) is 7.91. The summed E-state index contributed by atoms with van der Waals surface area (Å²) in [6.07, 6.45) is 3.45. The first-order chi connectivity index (χ1) is 11.2. The number of non-ortho nitro benzene ring substituents is 1. The van der Waals surface area contributed by atoms with Gasteiger partial charge in [-0.25, -0.2) is 4.99 Å². The molecule has 0 fully saturated rings. The van der Waals surface area contributed by atoms with Crippen LogP contribution in [0.3, 0.4) is 0 Å². The molecule has 7 nitrogen and oxygen atoms in total. The van der Waals surface area contributed by atoms with Crippen molar-refractivity contribution >= 4 is 11.6 Å². The lowest BCUT2D eigenvalue weighted by molar-refractivity contribution is -0.384. The molecule has 1 rings (SSSR count). The summed E-state index contributed by atoms with van der Waals surface area (Å²) in [5.74, 6) is 0.733. The summed E-state index contributed by atoms with van der Waals surface area (Å²) in [4.78, 5) is 14.7. The maximum atomic E-state index is 10.6. The lowest BCUT2D eigenvalue weighted by Crippen LogP contribution is -2.39. The zero-order valence-corrected chi connectivity index (χ0v) is 13.9. The molecule has 0 spiro atoms. The van der Waals surface area contributed by atoms with Crippen molar-refractivity contribution in [3.05, 3.63) is 39.9 Å². The van der Waals surface area contributed by atoms with Crippen molar-refractivity contribution in [1.82, 2.24) is 10.6 Å². The lowest BCUT2D eigenvalue weighted by Gasteiger charge is -2.12. The first-order valence-corrected chi connectivity index (χ1v) is 7.91. The van der Waals surface area contributed by atoms with E-state index in [2.05, 4.69) is 22.5 Å². The molecule has 23 heavy (non-hydrogen) atoms. The SMILES string of the molecule is CCCCCNC(=NCc1ccc([N+](=O)[O-])cc1)NCCOC. The number of rotatable bonds is 10. The average Bonchev–Trinajstić information content (AvgIpc) is 2.56. The summed E-state index contributed by atoms with van der Waals surface area (Å²) in [5, 5.41) is 17.1. The van der Waals surface area contributed by atoms with Crippen molar-refractivity contribution in [3.8, 4) is 0 Å². The quantitative estimate of drug-likeness (QED) is 0.227. The molecule has 0 aliphatic carbocycles. The number of ether oxygens (including phenoxy) is 1. The molecular weight excluding hydrogens is 296 g/mol. The van der Waals surface area contributed by atoms with E-state index in [0.29, 0.717) is 19.7 Å². The van der Waals surface area contributed by atoms with Crippen LogP contribution in [0.25, 0.3) is 0 Å². The number of unbranched alkanes of at least 4 members (excludes halogenated alkanes) is 2. The summed E-state index contributed by atoms with van der Waals surface area (Å²) in [6.45, 7) is 4.78. The molecule has 0 saturated heterocycles. The number of nitrogens with one attached hydrogen (secondary N) is 2. The maximum Gasteiger partial charge on any atom is 0.269 e. The molecule has 2 N–H and O–H groups in total. The number of aliphatic imine (C=N–C) groups is 1. The highest BCUT2D eigenvalue weighted by Gasteiger charge is 2.04. The molecule has 0 heterocycles. The highest BCUT2D eigenvalue weighted by molar-refractivity contribution is 5.79. The molecule has 0 aliphatic heterocycles. The summed E-state index contributed by atoms with van der Waals surface area (Å²) in [5.41, 5.74) is 1.02. The second kappa shape index (κ2) is 11.4. The standard InChI is InChI=1S/C16H26N4O3/c1-3-4-5-10-17-16(18-11-12-23-2)19-13-14-6-8-15(9-7-14)20(21)22/h6-9H,3-5,10-13H2,1-2H3,(H2,17,18,19). The van der Waals surface area contributed by atoms with Gasteiger partial charge in [-0.2, -0.15) is 0 Å². The monoisotopic (exact) mass is 322 g/mol. The van der Waals surface area contributed by atoms with Crippen molar-refractivity contribution in [2.45, 2.75) is 32.7 Å². The molecule has 0 saturated carbocycles. The van der Waals surface area contributed by atoms with Crippen LogP contribution in [0.1, 0.15) is 31.7 Å². The molecule has 7 heteroatoms. The van der Waals surface area contributed by atoms with Gasteiger partial charge < -0.3 is 15.4 Å². The number of hydrogen-bond donors (Lipinski definition) is 2. The van der Waals surface area contributed by atoms with Gasteiger partial charge in [-0.15, -0.1) is 0 Å². The molecule has 0 aliphatic rings. The minimum Gasteiger partial charge on any atom is -0.383 e. The van der Waals surface area contributed by atoms with E-state index in [1.165, 1.54) is 25.0 Å². The van der Waals surface area contributed by atoms with E-state index in [1.807, 2.05) is 0 Å². The molecule has 1 aromatic rings. The minimum atomic E-state index is -0.403. The summed E-state index contributed by atoms with van der Waals surface area (Å²) < 4.78 is 5.02. The second-order valence-electron chi connectivity index (χ2n) is 5.14. The number of nitro groups is 1. The van der Waals surface area contributed by atoms with Crippen LogP contribution in [0.15, 0.2) is 29.3 Å². The van der Waals surface area contributed by atoms with Gasteiger partial charge in [0.15, 0.2) is 5.96 Å². The highest BCUT2D eigenvalue weighted by atomic mass is 16.6. The molecule has 0 bridgehead atoms. The van der Waals surface area contributed by atoms with Crippen LogP contribution in [0.2, 0.25) is 0 Å².